The quantitative estimate of drug-likeness (QED) is 0.496. The fraction of sp³-hybridized carbons (Fsp3) is 0.0625. The molecule has 0 saturated heterocycles. The van der Waals surface area contributed by atoms with E-state index in [1.54, 1.807) is 30.3 Å². The molecular formula is C16H11NO4S. The van der Waals surface area contributed by atoms with E-state index >= 15 is 0 Å². The second kappa shape index (κ2) is 5.95. The summed E-state index contributed by atoms with van der Waals surface area (Å²) in [6.45, 7) is 1.33. The van der Waals surface area contributed by atoms with Crippen molar-refractivity contribution in [1.29, 1.82) is 0 Å². The Morgan fingerprint density at radius 1 is 1.27 bits per heavy atom. The van der Waals surface area contributed by atoms with Gasteiger partial charge in [0.15, 0.2) is 5.70 Å². The minimum absolute atomic E-state index is 0.238. The molecule has 5 nitrogen and oxygen atoms in total. The van der Waals surface area contributed by atoms with Gasteiger partial charge in [0.25, 0.3) is 0 Å². The normalized spacial score (nSPS) is 15.6. The molecule has 0 amide bonds. The van der Waals surface area contributed by atoms with Gasteiger partial charge in [-0.25, -0.2) is 9.79 Å². The highest BCUT2D eigenvalue weighted by atomic mass is 32.1. The number of nitrogens with zero attached hydrogens (tertiary/aromatic N) is 1. The molecular weight excluding hydrogens is 302 g/mol. The molecule has 0 N–H and O–H groups in total. The molecule has 2 heterocycles. The van der Waals surface area contributed by atoms with Crippen molar-refractivity contribution in [1.82, 2.24) is 0 Å². The summed E-state index contributed by atoms with van der Waals surface area (Å²) >= 11 is 1.51. The van der Waals surface area contributed by atoms with Crippen molar-refractivity contribution < 1.29 is 19.1 Å². The molecule has 1 aromatic heterocycles. The number of carbonyl (C=O) groups excluding carboxylic acids is 2. The van der Waals surface area contributed by atoms with E-state index in [0.29, 0.717) is 11.3 Å². The minimum atomic E-state index is -0.479. The Balaban J connectivity index is 1.83. The van der Waals surface area contributed by atoms with Gasteiger partial charge in [-0.15, -0.1) is 11.3 Å². The van der Waals surface area contributed by atoms with E-state index in [0.717, 1.165) is 4.88 Å². The number of thiophene rings is 1. The molecule has 1 aliphatic rings. The van der Waals surface area contributed by atoms with Crippen LogP contribution in [0.15, 0.2) is 52.5 Å². The lowest BCUT2D eigenvalue weighted by atomic mass is 10.2. The number of esters is 2. The number of ether oxygens (including phenoxy) is 2. The summed E-state index contributed by atoms with van der Waals surface area (Å²) in [4.78, 5) is 27.8. The maximum Gasteiger partial charge on any atom is 0.363 e. The zero-order valence-corrected chi connectivity index (χ0v) is 12.4. The van der Waals surface area contributed by atoms with E-state index in [1.807, 2.05) is 17.5 Å². The summed E-state index contributed by atoms with van der Waals surface area (Å²) < 4.78 is 10.1. The third kappa shape index (κ3) is 3.12. The number of benzene rings is 1. The van der Waals surface area contributed by atoms with Crippen molar-refractivity contribution in [3.8, 4) is 5.75 Å². The van der Waals surface area contributed by atoms with Crippen LogP contribution < -0.4 is 4.74 Å². The lowest BCUT2D eigenvalue weighted by Gasteiger charge is -2.02. The molecule has 0 atom stereocenters. The highest BCUT2D eigenvalue weighted by molar-refractivity contribution is 7.10. The number of carbonyl (C=O) groups is 2. The molecule has 110 valence electrons. The monoisotopic (exact) mass is 313 g/mol. The average molecular weight is 313 g/mol. The van der Waals surface area contributed by atoms with Crippen LogP contribution in [-0.4, -0.2) is 17.8 Å². The topological polar surface area (TPSA) is 65.0 Å². The number of aliphatic imine (C=N–C) groups is 1. The van der Waals surface area contributed by atoms with Crippen molar-refractivity contribution in [2.24, 2.45) is 4.99 Å². The Kier molecular flexibility index (Phi) is 3.84. The van der Waals surface area contributed by atoms with Crippen molar-refractivity contribution >= 4 is 35.2 Å². The number of cyclic esters (lactones) is 1. The van der Waals surface area contributed by atoms with Crippen LogP contribution in [0, 0.1) is 0 Å². The van der Waals surface area contributed by atoms with Crippen molar-refractivity contribution in [2.45, 2.75) is 6.92 Å². The first-order valence-electron chi connectivity index (χ1n) is 6.47. The highest BCUT2D eigenvalue weighted by Crippen LogP contribution is 2.22. The molecule has 2 aromatic rings. The predicted octanol–water partition coefficient (Wildman–Crippen LogP) is 3.02. The van der Waals surface area contributed by atoms with E-state index in [2.05, 4.69) is 4.99 Å². The largest absolute Gasteiger partial charge is 0.427 e. The smallest absolute Gasteiger partial charge is 0.363 e. The van der Waals surface area contributed by atoms with Gasteiger partial charge < -0.3 is 9.47 Å². The Morgan fingerprint density at radius 2 is 2.05 bits per heavy atom. The molecule has 6 heteroatoms. The van der Waals surface area contributed by atoms with Crippen LogP contribution >= 0.6 is 11.3 Å². The standard InChI is InChI=1S/C16H11NO4S/c1-10(18)20-12-6-4-11(5-7-12)15-17-14(16(19)21-15)9-13-3-2-8-22-13/h2-9H,1H3/b14-9-. The summed E-state index contributed by atoms with van der Waals surface area (Å²) in [6.07, 6.45) is 1.69. The summed E-state index contributed by atoms with van der Waals surface area (Å²) in [5, 5.41) is 1.92. The van der Waals surface area contributed by atoms with Gasteiger partial charge in [-0.2, -0.15) is 0 Å². The molecule has 0 unspecified atom stereocenters. The van der Waals surface area contributed by atoms with Crippen LogP contribution in [0.2, 0.25) is 0 Å². The summed E-state index contributed by atoms with van der Waals surface area (Å²) in [5.74, 6) is -0.205. The van der Waals surface area contributed by atoms with Crippen LogP contribution in [0.4, 0.5) is 0 Å². The SMILES string of the molecule is CC(=O)Oc1ccc(C2=N/C(=C\c3cccs3)C(=O)O2)cc1. The Bertz CT molecular complexity index is 773. The summed E-state index contributed by atoms with van der Waals surface area (Å²) in [5.41, 5.74) is 0.903. The van der Waals surface area contributed by atoms with Crippen molar-refractivity contribution in [2.75, 3.05) is 0 Å². The fourth-order valence-electron chi connectivity index (χ4n) is 1.87. The zero-order valence-electron chi connectivity index (χ0n) is 11.6. The summed E-state index contributed by atoms with van der Waals surface area (Å²) in [6, 6.07) is 10.4. The van der Waals surface area contributed by atoms with Gasteiger partial charge in [-0.3, -0.25) is 4.79 Å². The maximum atomic E-state index is 11.8. The molecule has 1 aliphatic heterocycles. The zero-order chi connectivity index (χ0) is 15.5. The second-order valence-electron chi connectivity index (χ2n) is 4.47. The van der Waals surface area contributed by atoms with Gasteiger partial charge in [0.05, 0.1) is 0 Å². The average Bonchev–Trinajstić information content (AvgIpc) is 3.10. The van der Waals surface area contributed by atoms with Gasteiger partial charge in [0.2, 0.25) is 5.90 Å². The van der Waals surface area contributed by atoms with Gasteiger partial charge in [0.1, 0.15) is 5.75 Å². The van der Waals surface area contributed by atoms with Crippen molar-refractivity contribution in [3.63, 3.8) is 0 Å². The van der Waals surface area contributed by atoms with Gasteiger partial charge >= 0.3 is 11.9 Å². The van der Waals surface area contributed by atoms with Crippen LogP contribution in [0.1, 0.15) is 17.4 Å². The van der Waals surface area contributed by atoms with E-state index in [4.69, 9.17) is 9.47 Å². The minimum Gasteiger partial charge on any atom is -0.427 e. The molecule has 0 fully saturated rings. The Morgan fingerprint density at radius 3 is 2.68 bits per heavy atom. The maximum absolute atomic E-state index is 11.8. The van der Waals surface area contributed by atoms with Crippen LogP contribution in [-0.2, 0) is 14.3 Å². The Labute approximate surface area is 130 Å². The third-order valence-electron chi connectivity index (χ3n) is 2.81. The summed E-state index contributed by atoms with van der Waals surface area (Å²) in [7, 11) is 0. The number of hydrogen-bond acceptors (Lipinski definition) is 6. The van der Waals surface area contributed by atoms with Crippen molar-refractivity contribution in [3.05, 3.63) is 57.9 Å². The molecule has 0 aliphatic carbocycles. The first-order valence-corrected chi connectivity index (χ1v) is 7.35. The Hall–Kier alpha value is -2.73. The number of hydrogen-bond donors (Lipinski definition) is 0. The third-order valence-corrected chi connectivity index (χ3v) is 3.62. The molecule has 22 heavy (non-hydrogen) atoms. The van der Waals surface area contributed by atoms with Gasteiger partial charge in [0, 0.05) is 17.4 Å². The molecule has 0 saturated carbocycles. The molecule has 0 radical (unpaired) electrons. The van der Waals surface area contributed by atoms with Gasteiger partial charge in [-0.05, 0) is 41.8 Å². The first kappa shape index (κ1) is 14.2. The molecule has 3 rings (SSSR count). The lowest BCUT2D eigenvalue weighted by molar-refractivity contribution is -0.132. The van der Waals surface area contributed by atoms with Crippen LogP contribution in [0.25, 0.3) is 6.08 Å². The van der Waals surface area contributed by atoms with E-state index in [-0.39, 0.29) is 11.6 Å². The highest BCUT2D eigenvalue weighted by Gasteiger charge is 2.24. The first-order chi connectivity index (χ1) is 10.6. The lowest BCUT2D eigenvalue weighted by Crippen LogP contribution is -2.06. The molecule has 1 aromatic carbocycles. The second-order valence-corrected chi connectivity index (χ2v) is 5.45. The molecule has 0 spiro atoms. The fourth-order valence-corrected chi connectivity index (χ4v) is 2.52. The van der Waals surface area contributed by atoms with Crippen LogP contribution in [0.3, 0.4) is 0 Å². The molecule has 0 bridgehead atoms. The van der Waals surface area contributed by atoms with E-state index in [9.17, 15) is 9.59 Å². The van der Waals surface area contributed by atoms with Gasteiger partial charge in [-0.1, -0.05) is 6.07 Å². The predicted molar refractivity (Wildman–Crippen MR) is 82.7 cm³/mol. The van der Waals surface area contributed by atoms with E-state index < -0.39 is 11.9 Å². The number of rotatable bonds is 3. The van der Waals surface area contributed by atoms with E-state index in [1.165, 1.54) is 18.3 Å². The van der Waals surface area contributed by atoms with Crippen LogP contribution in [0.5, 0.6) is 5.75 Å².